The number of ether oxygens (including phenoxy) is 3. The Hall–Kier alpha value is -4.90. The van der Waals surface area contributed by atoms with Gasteiger partial charge in [0.2, 0.25) is 6.79 Å². The van der Waals surface area contributed by atoms with Gasteiger partial charge in [-0.15, -0.1) is 0 Å². The molecule has 0 radical (unpaired) electrons. The average Bonchev–Trinajstić information content (AvgIpc) is 3.67. The minimum absolute atomic E-state index is 0.0932. The van der Waals surface area contributed by atoms with E-state index in [4.69, 9.17) is 23.7 Å². The molecule has 6 rings (SSSR count). The van der Waals surface area contributed by atoms with Crippen molar-refractivity contribution in [2.45, 2.75) is 19.9 Å². The highest BCUT2D eigenvalue weighted by Crippen LogP contribution is 2.38. The molecule has 0 saturated heterocycles. The molecule has 0 saturated carbocycles. The third kappa shape index (κ3) is 4.39. The van der Waals surface area contributed by atoms with Crippen molar-refractivity contribution in [1.82, 2.24) is 4.57 Å². The summed E-state index contributed by atoms with van der Waals surface area (Å²) in [5.74, 6) is 0.503. The fourth-order valence-electron chi connectivity index (χ4n) is 4.68. The smallest absolute Gasteiger partial charge is 0.338 e. The highest BCUT2D eigenvalue weighted by Gasteiger charge is 2.34. The first-order valence-corrected chi connectivity index (χ1v) is 13.2. The molecule has 2 aromatic carbocycles. The predicted molar refractivity (Wildman–Crippen MR) is 144 cm³/mol. The lowest BCUT2D eigenvalue weighted by atomic mass is 9.95. The van der Waals surface area contributed by atoms with E-state index in [0.717, 1.165) is 0 Å². The van der Waals surface area contributed by atoms with Crippen LogP contribution in [0, 0.1) is 0 Å². The molecule has 11 heteroatoms. The Morgan fingerprint density at radius 3 is 2.65 bits per heavy atom. The quantitative estimate of drug-likeness (QED) is 0.356. The zero-order valence-electron chi connectivity index (χ0n) is 21.4. The van der Waals surface area contributed by atoms with E-state index in [-0.39, 0.29) is 30.1 Å². The molecule has 4 aromatic rings. The first-order valence-electron chi connectivity index (χ1n) is 12.4. The van der Waals surface area contributed by atoms with Crippen LogP contribution in [-0.2, 0) is 9.53 Å². The second-order valence-corrected chi connectivity index (χ2v) is 10.0. The topological polar surface area (TPSA) is 130 Å². The molecule has 2 aromatic heterocycles. The number of hydrogen-bond acceptors (Lipinski definition) is 9. The predicted octanol–water partition coefficient (Wildman–Crippen LogP) is 3.49. The summed E-state index contributed by atoms with van der Waals surface area (Å²) in [5, 5.41) is 9.13. The van der Waals surface area contributed by atoms with E-state index >= 15 is 0 Å². The van der Waals surface area contributed by atoms with Gasteiger partial charge in [0.15, 0.2) is 16.3 Å². The summed E-state index contributed by atoms with van der Waals surface area (Å²) in [5.41, 5.74) is 1.90. The van der Waals surface area contributed by atoms with Gasteiger partial charge in [-0.05, 0) is 55.8 Å². The minimum atomic E-state index is -1.01. The molecule has 40 heavy (non-hydrogen) atoms. The second kappa shape index (κ2) is 10.0. The third-order valence-electron chi connectivity index (χ3n) is 6.55. The van der Waals surface area contributed by atoms with E-state index in [1.54, 1.807) is 62.4 Å². The SMILES string of the molecule is CCOC(=O)C1=C(C)N=c2sc(=Cc3ccc(-c4ccc(C(=O)O)cc4)o3)c(=O)n2C1c1ccc2c(c1)OCO2. The number of aromatic nitrogens is 1. The lowest BCUT2D eigenvalue weighted by Gasteiger charge is -2.24. The number of hydrogen-bond donors (Lipinski definition) is 1. The third-order valence-corrected chi connectivity index (χ3v) is 7.53. The van der Waals surface area contributed by atoms with Gasteiger partial charge in [-0.25, -0.2) is 14.6 Å². The largest absolute Gasteiger partial charge is 0.478 e. The molecule has 0 aliphatic carbocycles. The Morgan fingerprint density at radius 2 is 1.90 bits per heavy atom. The van der Waals surface area contributed by atoms with Crippen LogP contribution in [0.25, 0.3) is 17.4 Å². The highest BCUT2D eigenvalue weighted by molar-refractivity contribution is 7.07. The number of fused-ring (bicyclic) bond motifs is 2. The zero-order chi connectivity index (χ0) is 28.0. The van der Waals surface area contributed by atoms with Crippen molar-refractivity contribution in [3.8, 4) is 22.8 Å². The van der Waals surface area contributed by atoms with Gasteiger partial charge >= 0.3 is 11.9 Å². The number of rotatable bonds is 6. The van der Waals surface area contributed by atoms with Crippen molar-refractivity contribution in [3.05, 3.63) is 102 Å². The summed E-state index contributed by atoms with van der Waals surface area (Å²) in [7, 11) is 0. The van der Waals surface area contributed by atoms with Crippen LogP contribution in [0.4, 0.5) is 0 Å². The molecular formula is C29H22N2O8S. The summed E-state index contributed by atoms with van der Waals surface area (Å²) in [6, 6.07) is 14.3. The number of furan rings is 1. The Morgan fingerprint density at radius 1 is 1.12 bits per heavy atom. The van der Waals surface area contributed by atoms with E-state index < -0.39 is 18.0 Å². The Labute approximate surface area is 230 Å². The number of allylic oxidation sites excluding steroid dienone is 1. The van der Waals surface area contributed by atoms with Crippen LogP contribution in [0.5, 0.6) is 11.5 Å². The van der Waals surface area contributed by atoms with Gasteiger partial charge in [0.1, 0.15) is 11.5 Å². The first kappa shape index (κ1) is 25.4. The number of thiazole rings is 1. The summed E-state index contributed by atoms with van der Waals surface area (Å²) in [6.07, 6.45) is 1.62. The normalized spacial score (nSPS) is 16.1. The molecule has 202 valence electrons. The summed E-state index contributed by atoms with van der Waals surface area (Å²) in [4.78, 5) is 43.0. The van der Waals surface area contributed by atoms with Gasteiger partial charge < -0.3 is 23.7 Å². The zero-order valence-corrected chi connectivity index (χ0v) is 22.2. The fourth-order valence-corrected chi connectivity index (χ4v) is 5.71. The van der Waals surface area contributed by atoms with Gasteiger partial charge in [0, 0.05) is 11.6 Å². The second-order valence-electron chi connectivity index (χ2n) is 9.00. The summed E-state index contributed by atoms with van der Waals surface area (Å²) < 4.78 is 24.1. The first-order chi connectivity index (χ1) is 19.3. The van der Waals surface area contributed by atoms with E-state index in [1.165, 1.54) is 28.0 Å². The number of carbonyl (C=O) groups is 2. The van der Waals surface area contributed by atoms with Crippen LogP contribution in [0.3, 0.4) is 0 Å². The number of aromatic carboxylic acids is 1. The molecule has 1 atom stereocenters. The molecule has 1 N–H and O–H groups in total. The number of esters is 1. The van der Waals surface area contributed by atoms with E-state index in [1.807, 2.05) is 0 Å². The maximum Gasteiger partial charge on any atom is 0.338 e. The molecule has 1 unspecified atom stereocenters. The monoisotopic (exact) mass is 558 g/mol. The molecular weight excluding hydrogens is 536 g/mol. The number of carboxylic acid groups (broad SMARTS) is 1. The van der Waals surface area contributed by atoms with Gasteiger partial charge in [0.25, 0.3) is 5.56 Å². The van der Waals surface area contributed by atoms with Crippen LogP contribution in [-0.4, -0.2) is 35.0 Å². The van der Waals surface area contributed by atoms with Crippen LogP contribution in [0.15, 0.2) is 80.1 Å². The van der Waals surface area contributed by atoms with Crippen molar-refractivity contribution >= 4 is 29.4 Å². The van der Waals surface area contributed by atoms with E-state index in [2.05, 4.69) is 4.99 Å². The molecule has 2 aliphatic rings. The minimum Gasteiger partial charge on any atom is -0.478 e. The maximum atomic E-state index is 13.8. The van der Waals surface area contributed by atoms with Gasteiger partial charge in [-0.3, -0.25) is 9.36 Å². The lowest BCUT2D eigenvalue weighted by molar-refractivity contribution is -0.139. The Balaban J connectivity index is 1.44. The van der Waals surface area contributed by atoms with Gasteiger partial charge in [-0.1, -0.05) is 29.5 Å². The van der Waals surface area contributed by atoms with Crippen molar-refractivity contribution in [3.63, 3.8) is 0 Å². The number of benzene rings is 2. The van der Waals surface area contributed by atoms with Crippen LogP contribution in [0.1, 0.15) is 41.6 Å². The molecule has 0 spiro atoms. The van der Waals surface area contributed by atoms with Crippen molar-refractivity contribution in [1.29, 1.82) is 0 Å². The van der Waals surface area contributed by atoms with E-state index in [9.17, 15) is 14.4 Å². The van der Waals surface area contributed by atoms with Crippen molar-refractivity contribution < 1.29 is 33.3 Å². The van der Waals surface area contributed by atoms with Gasteiger partial charge in [-0.2, -0.15) is 0 Å². The van der Waals surface area contributed by atoms with E-state index in [0.29, 0.717) is 49.2 Å². The highest BCUT2D eigenvalue weighted by atomic mass is 32.1. The van der Waals surface area contributed by atoms with Crippen LogP contribution >= 0.6 is 11.3 Å². The summed E-state index contributed by atoms with van der Waals surface area (Å²) in [6.45, 7) is 3.71. The molecule has 0 amide bonds. The average molecular weight is 559 g/mol. The fraction of sp³-hybridized carbons (Fsp3) is 0.172. The Kier molecular flexibility index (Phi) is 6.35. The van der Waals surface area contributed by atoms with Crippen LogP contribution < -0.4 is 24.4 Å². The van der Waals surface area contributed by atoms with Crippen molar-refractivity contribution in [2.75, 3.05) is 13.4 Å². The molecule has 0 fully saturated rings. The summed E-state index contributed by atoms with van der Waals surface area (Å²) >= 11 is 1.18. The number of nitrogens with zero attached hydrogens (tertiary/aromatic N) is 2. The maximum absolute atomic E-state index is 13.8. The molecule has 0 bridgehead atoms. The van der Waals surface area contributed by atoms with Crippen molar-refractivity contribution in [2.24, 2.45) is 4.99 Å². The molecule has 2 aliphatic heterocycles. The van der Waals surface area contributed by atoms with Crippen LogP contribution in [0.2, 0.25) is 0 Å². The molecule has 4 heterocycles. The lowest BCUT2D eigenvalue weighted by Crippen LogP contribution is -2.39. The Bertz CT molecular complexity index is 1880. The number of carboxylic acids is 1. The number of carbonyl (C=O) groups excluding carboxylic acids is 1. The molecule has 10 nitrogen and oxygen atoms in total. The standard InChI is InChI=1S/C29H22N2O8S/c1-3-36-28(35)24-15(2)30-29-31(25(24)18-8-10-21-22(12-18)38-14-37-21)26(32)23(40-29)13-19-9-11-20(39-19)16-4-6-17(7-5-16)27(33)34/h4-13,25H,3,14H2,1-2H3,(H,33,34). The van der Waals surface area contributed by atoms with Gasteiger partial charge in [0.05, 0.1) is 34.0 Å².